The first-order chi connectivity index (χ1) is 9.58. The standard InChI is InChI=1S/C15H15BrN2O2/c1-2-14(19)17-13-5-3-4-11(8-13)9-18-10-12(16)6-7-15(18)20/h3-8,10H,2,9H2,1H3,(H,17,19). The van der Waals surface area contributed by atoms with Gasteiger partial charge in [0.15, 0.2) is 0 Å². The highest BCUT2D eigenvalue weighted by atomic mass is 79.9. The molecule has 2 aromatic rings. The first kappa shape index (κ1) is 14.5. The van der Waals surface area contributed by atoms with Crippen molar-refractivity contribution in [2.45, 2.75) is 19.9 Å². The highest BCUT2D eigenvalue weighted by Crippen LogP contribution is 2.13. The van der Waals surface area contributed by atoms with Crippen molar-refractivity contribution in [1.82, 2.24) is 4.57 Å². The second-order valence-electron chi connectivity index (χ2n) is 4.42. The van der Waals surface area contributed by atoms with Crippen LogP contribution in [0.2, 0.25) is 0 Å². The SMILES string of the molecule is CCC(=O)Nc1cccc(Cn2cc(Br)ccc2=O)c1. The van der Waals surface area contributed by atoms with Gasteiger partial charge in [-0.15, -0.1) is 0 Å². The van der Waals surface area contributed by atoms with E-state index in [0.29, 0.717) is 13.0 Å². The van der Waals surface area contributed by atoms with E-state index in [9.17, 15) is 9.59 Å². The average Bonchev–Trinajstić information content (AvgIpc) is 2.43. The van der Waals surface area contributed by atoms with Crippen molar-refractivity contribution in [3.8, 4) is 0 Å². The second kappa shape index (κ2) is 6.52. The number of benzene rings is 1. The van der Waals surface area contributed by atoms with E-state index >= 15 is 0 Å². The number of carbonyl (C=O) groups excluding carboxylic acids is 1. The molecule has 1 heterocycles. The molecule has 104 valence electrons. The van der Waals surface area contributed by atoms with Crippen molar-refractivity contribution < 1.29 is 4.79 Å². The third-order valence-corrected chi connectivity index (χ3v) is 3.30. The molecule has 4 nitrogen and oxygen atoms in total. The smallest absolute Gasteiger partial charge is 0.250 e. The Morgan fingerprint density at radius 2 is 2.10 bits per heavy atom. The van der Waals surface area contributed by atoms with Gasteiger partial charge in [0.1, 0.15) is 0 Å². The molecule has 0 aliphatic rings. The van der Waals surface area contributed by atoms with Crippen molar-refractivity contribution >= 4 is 27.5 Å². The molecule has 1 amide bonds. The lowest BCUT2D eigenvalue weighted by atomic mass is 10.2. The minimum Gasteiger partial charge on any atom is -0.326 e. The molecule has 0 bridgehead atoms. The summed E-state index contributed by atoms with van der Waals surface area (Å²) in [5.74, 6) is -0.0261. The summed E-state index contributed by atoms with van der Waals surface area (Å²) >= 11 is 3.35. The molecular formula is C15H15BrN2O2. The lowest BCUT2D eigenvalue weighted by Gasteiger charge is -2.09. The van der Waals surface area contributed by atoms with Gasteiger partial charge < -0.3 is 9.88 Å². The van der Waals surface area contributed by atoms with Crippen LogP contribution in [0, 0.1) is 0 Å². The van der Waals surface area contributed by atoms with Gasteiger partial charge in [0.05, 0.1) is 6.54 Å². The molecule has 0 aliphatic carbocycles. The van der Waals surface area contributed by atoms with Crippen molar-refractivity contribution in [1.29, 1.82) is 0 Å². The Bertz CT molecular complexity index is 680. The maximum atomic E-state index is 11.8. The van der Waals surface area contributed by atoms with Crippen LogP contribution < -0.4 is 10.9 Å². The van der Waals surface area contributed by atoms with Gasteiger partial charge in [-0.3, -0.25) is 9.59 Å². The van der Waals surface area contributed by atoms with Gasteiger partial charge in [-0.25, -0.2) is 0 Å². The predicted octanol–water partition coefficient (Wildman–Crippen LogP) is 3.01. The van der Waals surface area contributed by atoms with Crippen LogP contribution in [-0.4, -0.2) is 10.5 Å². The Hall–Kier alpha value is -1.88. The average molecular weight is 335 g/mol. The molecule has 2 rings (SSSR count). The number of carbonyl (C=O) groups is 1. The largest absolute Gasteiger partial charge is 0.326 e. The molecule has 0 radical (unpaired) electrons. The molecule has 0 saturated carbocycles. The van der Waals surface area contributed by atoms with Crippen molar-refractivity contribution in [2.24, 2.45) is 0 Å². The maximum absolute atomic E-state index is 11.8. The molecule has 0 saturated heterocycles. The number of aromatic nitrogens is 1. The number of amides is 1. The van der Waals surface area contributed by atoms with E-state index in [1.54, 1.807) is 23.8 Å². The zero-order chi connectivity index (χ0) is 14.5. The van der Waals surface area contributed by atoms with Crippen LogP contribution in [0.1, 0.15) is 18.9 Å². The number of nitrogens with one attached hydrogen (secondary N) is 1. The molecule has 0 unspecified atom stereocenters. The number of hydrogen-bond donors (Lipinski definition) is 1. The number of rotatable bonds is 4. The summed E-state index contributed by atoms with van der Waals surface area (Å²) in [6, 6.07) is 10.7. The van der Waals surface area contributed by atoms with Gasteiger partial charge >= 0.3 is 0 Å². The Balaban J connectivity index is 2.21. The lowest BCUT2D eigenvalue weighted by Crippen LogP contribution is -2.19. The molecule has 1 aromatic carbocycles. The highest BCUT2D eigenvalue weighted by Gasteiger charge is 2.02. The van der Waals surface area contributed by atoms with E-state index in [1.807, 2.05) is 24.3 Å². The fourth-order valence-electron chi connectivity index (χ4n) is 1.82. The quantitative estimate of drug-likeness (QED) is 0.934. The van der Waals surface area contributed by atoms with Crippen LogP contribution in [0.4, 0.5) is 5.69 Å². The van der Waals surface area contributed by atoms with Gasteiger partial charge in [-0.1, -0.05) is 19.1 Å². The van der Waals surface area contributed by atoms with Gasteiger partial charge in [0.2, 0.25) is 5.91 Å². The topological polar surface area (TPSA) is 51.1 Å². The number of halogens is 1. The van der Waals surface area contributed by atoms with E-state index in [0.717, 1.165) is 15.7 Å². The van der Waals surface area contributed by atoms with Crippen LogP contribution in [0.5, 0.6) is 0 Å². The zero-order valence-corrected chi connectivity index (χ0v) is 12.7. The monoisotopic (exact) mass is 334 g/mol. The molecule has 0 aliphatic heterocycles. The zero-order valence-electron chi connectivity index (χ0n) is 11.1. The fraction of sp³-hybridized carbons (Fsp3) is 0.200. The third kappa shape index (κ3) is 3.81. The van der Waals surface area contributed by atoms with Gasteiger partial charge in [0, 0.05) is 28.8 Å². The minimum absolute atomic E-state index is 0.0261. The van der Waals surface area contributed by atoms with Crippen LogP contribution >= 0.6 is 15.9 Å². The van der Waals surface area contributed by atoms with E-state index in [2.05, 4.69) is 21.2 Å². The summed E-state index contributed by atoms with van der Waals surface area (Å²) in [7, 11) is 0. The van der Waals surface area contributed by atoms with E-state index in [4.69, 9.17) is 0 Å². The van der Waals surface area contributed by atoms with E-state index in [-0.39, 0.29) is 11.5 Å². The van der Waals surface area contributed by atoms with Crippen LogP contribution in [-0.2, 0) is 11.3 Å². The van der Waals surface area contributed by atoms with Gasteiger partial charge in [0.25, 0.3) is 5.56 Å². The fourth-order valence-corrected chi connectivity index (χ4v) is 2.20. The normalized spacial score (nSPS) is 10.3. The van der Waals surface area contributed by atoms with Crippen molar-refractivity contribution in [3.63, 3.8) is 0 Å². The highest BCUT2D eigenvalue weighted by molar-refractivity contribution is 9.10. The minimum atomic E-state index is -0.0591. The first-order valence-electron chi connectivity index (χ1n) is 6.33. The lowest BCUT2D eigenvalue weighted by molar-refractivity contribution is -0.115. The van der Waals surface area contributed by atoms with Crippen LogP contribution in [0.15, 0.2) is 51.9 Å². The van der Waals surface area contributed by atoms with Crippen molar-refractivity contribution in [2.75, 3.05) is 5.32 Å². The van der Waals surface area contributed by atoms with Crippen LogP contribution in [0.25, 0.3) is 0 Å². The van der Waals surface area contributed by atoms with Gasteiger partial charge in [-0.2, -0.15) is 0 Å². The predicted molar refractivity (Wildman–Crippen MR) is 82.9 cm³/mol. The molecule has 1 aromatic heterocycles. The van der Waals surface area contributed by atoms with Crippen molar-refractivity contribution in [3.05, 3.63) is 63.0 Å². The second-order valence-corrected chi connectivity index (χ2v) is 5.33. The number of hydrogen-bond acceptors (Lipinski definition) is 2. The summed E-state index contributed by atoms with van der Waals surface area (Å²) in [4.78, 5) is 23.1. The first-order valence-corrected chi connectivity index (χ1v) is 7.12. The maximum Gasteiger partial charge on any atom is 0.250 e. The number of pyridine rings is 1. The Morgan fingerprint density at radius 1 is 1.30 bits per heavy atom. The molecule has 0 fully saturated rings. The molecular weight excluding hydrogens is 320 g/mol. The third-order valence-electron chi connectivity index (χ3n) is 2.83. The molecule has 5 heteroatoms. The summed E-state index contributed by atoms with van der Waals surface area (Å²) in [6.45, 7) is 2.27. The Kier molecular flexibility index (Phi) is 4.74. The summed E-state index contributed by atoms with van der Waals surface area (Å²) in [5.41, 5.74) is 1.65. The molecule has 0 spiro atoms. The number of anilines is 1. The molecule has 20 heavy (non-hydrogen) atoms. The Morgan fingerprint density at radius 3 is 2.85 bits per heavy atom. The van der Waals surface area contributed by atoms with Gasteiger partial charge in [-0.05, 0) is 39.7 Å². The molecule has 0 atom stereocenters. The molecule has 1 N–H and O–H groups in total. The van der Waals surface area contributed by atoms with Crippen LogP contribution in [0.3, 0.4) is 0 Å². The number of nitrogens with zero attached hydrogens (tertiary/aromatic N) is 1. The van der Waals surface area contributed by atoms with E-state index < -0.39 is 0 Å². The summed E-state index contributed by atoms with van der Waals surface area (Å²) in [6.07, 6.45) is 2.19. The summed E-state index contributed by atoms with van der Waals surface area (Å²) in [5, 5.41) is 2.81. The Labute approximate surface area is 125 Å². The van der Waals surface area contributed by atoms with E-state index in [1.165, 1.54) is 6.07 Å². The summed E-state index contributed by atoms with van der Waals surface area (Å²) < 4.78 is 2.47.